The molecule has 1 saturated heterocycles. The Balaban J connectivity index is 1.81. The van der Waals surface area contributed by atoms with E-state index in [4.69, 9.17) is 18.8 Å². The van der Waals surface area contributed by atoms with E-state index in [9.17, 15) is 22.8 Å². The second kappa shape index (κ2) is 4.92. The van der Waals surface area contributed by atoms with Crippen molar-refractivity contribution in [2.24, 2.45) is 23.7 Å². The molecule has 1 heterocycles. The van der Waals surface area contributed by atoms with Crippen molar-refractivity contribution in [1.82, 2.24) is 0 Å². The summed E-state index contributed by atoms with van der Waals surface area (Å²) >= 11 is 0. The fraction of sp³-hybridized carbons (Fsp3) is 0.750. The van der Waals surface area contributed by atoms with Gasteiger partial charge in [0, 0.05) is 11.8 Å². The highest BCUT2D eigenvalue weighted by Gasteiger charge is 2.70. The van der Waals surface area contributed by atoms with Crippen LogP contribution in [0.25, 0.3) is 0 Å². The third-order valence-electron chi connectivity index (χ3n) is 4.59. The van der Waals surface area contributed by atoms with Crippen molar-refractivity contribution in [3.8, 4) is 0 Å². The van der Waals surface area contributed by atoms with Crippen LogP contribution in [0.2, 0.25) is 0 Å². The Hall–Kier alpha value is -1.68. The van der Waals surface area contributed by atoms with E-state index >= 15 is 0 Å². The number of ether oxygens (including phenoxy) is 3. The van der Waals surface area contributed by atoms with Crippen LogP contribution in [0.3, 0.4) is 0 Å². The van der Waals surface area contributed by atoms with Crippen LogP contribution >= 0.6 is 0 Å². The lowest BCUT2D eigenvalue weighted by molar-refractivity contribution is -0.162. The van der Waals surface area contributed by atoms with E-state index in [1.807, 2.05) is 0 Å². The average molecular weight is 334 g/mol. The fourth-order valence-corrected chi connectivity index (χ4v) is 4.31. The summed E-state index contributed by atoms with van der Waals surface area (Å²) in [6, 6.07) is 0. The van der Waals surface area contributed by atoms with Crippen molar-refractivity contribution in [2.45, 2.75) is 18.6 Å². The van der Waals surface area contributed by atoms with Gasteiger partial charge in [0.2, 0.25) is 0 Å². The fourth-order valence-electron chi connectivity index (χ4n) is 3.94. The number of fused-ring (bicyclic) bond motifs is 1. The van der Waals surface area contributed by atoms with E-state index in [2.05, 4.69) is 0 Å². The number of hydrogen-bond acceptors (Lipinski definition) is 8. The summed E-state index contributed by atoms with van der Waals surface area (Å²) < 4.78 is 45.0. The second-order valence-electron chi connectivity index (χ2n) is 5.72. The van der Waals surface area contributed by atoms with E-state index in [0.29, 0.717) is 6.42 Å². The lowest BCUT2D eigenvalue weighted by Crippen LogP contribution is -2.44. The molecule has 0 aromatic carbocycles. The maximum absolute atomic E-state index is 11.9. The highest BCUT2D eigenvalue weighted by Crippen LogP contribution is 2.58. The Kier molecular flexibility index (Phi) is 3.40. The third-order valence-corrected chi connectivity index (χ3v) is 5.19. The molecule has 3 aliphatic rings. The van der Waals surface area contributed by atoms with E-state index in [0.717, 1.165) is 0 Å². The van der Waals surface area contributed by atoms with Gasteiger partial charge in [0.25, 0.3) is 10.1 Å². The van der Waals surface area contributed by atoms with Crippen LogP contribution in [0.4, 0.5) is 0 Å². The number of hydrogen-bond donors (Lipinski definition) is 1. The van der Waals surface area contributed by atoms with Crippen LogP contribution in [0.15, 0.2) is 0 Å². The summed E-state index contributed by atoms with van der Waals surface area (Å²) in [5, 5.41) is 0. The van der Waals surface area contributed by atoms with Crippen molar-refractivity contribution >= 4 is 28.0 Å². The SMILES string of the molecule is COC(=O)C1C2CC3C(OC(=O)C31)C2OC(=O)CS(=O)(=O)O. The molecule has 1 N–H and O–H groups in total. The molecule has 6 unspecified atom stereocenters. The molecule has 10 heteroatoms. The Morgan fingerprint density at radius 1 is 1.36 bits per heavy atom. The highest BCUT2D eigenvalue weighted by molar-refractivity contribution is 7.86. The van der Waals surface area contributed by atoms with Crippen molar-refractivity contribution in [3.05, 3.63) is 0 Å². The zero-order valence-electron chi connectivity index (χ0n) is 11.5. The molecule has 2 bridgehead atoms. The largest absolute Gasteiger partial charge is 0.469 e. The zero-order chi connectivity index (χ0) is 16.2. The van der Waals surface area contributed by atoms with Gasteiger partial charge < -0.3 is 14.2 Å². The number of rotatable bonds is 4. The van der Waals surface area contributed by atoms with Gasteiger partial charge in [0.05, 0.1) is 18.9 Å². The van der Waals surface area contributed by atoms with Crippen LogP contribution in [0, 0.1) is 23.7 Å². The predicted octanol–water partition coefficient (Wildman–Crippen LogP) is -1.23. The van der Waals surface area contributed by atoms with Gasteiger partial charge in [0.1, 0.15) is 12.2 Å². The van der Waals surface area contributed by atoms with Crippen LogP contribution in [0.1, 0.15) is 6.42 Å². The molecular formula is C12H14O9S. The van der Waals surface area contributed by atoms with E-state index in [-0.39, 0.29) is 5.92 Å². The van der Waals surface area contributed by atoms with E-state index < -0.39 is 63.7 Å². The molecule has 6 atom stereocenters. The lowest BCUT2D eigenvalue weighted by atomic mass is 9.78. The molecule has 0 radical (unpaired) electrons. The molecule has 2 aliphatic carbocycles. The normalized spacial score (nSPS) is 38.7. The van der Waals surface area contributed by atoms with Gasteiger partial charge >= 0.3 is 17.9 Å². The summed E-state index contributed by atoms with van der Waals surface area (Å²) in [4.78, 5) is 35.3. The van der Waals surface area contributed by atoms with Crippen molar-refractivity contribution < 1.29 is 41.6 Å². The smallest absolute Gasteiger partial charge is 0.324 e. The third kappa shape index (κ3) is 2.26. The number of methoxy groups -OCH3 is 1. The quantitative estimate of drug-likeness (QED) is 0.381. The van der Waals surface area contributed by atoms with Crippen LogP contribution in [0.5, 0.6) is 0 Å². The van der Waals surface area contributed by atoms with E-state index in [1.54, 1.807) is 0 Å². The van der Waals surface area contributed by atoms with Crippen LogP contribution < -0.4 is 0 Å². The van der Waals surface area contributed by atoms with Gasteiger partial charge in [-0.05, 0) is 6.42 Å². The van der Waals surface area contributed by atoms with Gasteiger partial charge in [0.15, 0.2) is 5.75 Å². The Morgan fingerprint density at radius 2 is 2.05 bits per heavy atom. The first-order valence-corrected chi connectivity index (χ1v) is 8.27. The second-order valence-corrected chi connectivity index (χ2v) is 7.17. The summed E-state index contributed by atoms with van der Waals surface area (Å²) in [5.41, 5.74) is 0. The summed E-state index contributed by atoms with van der Waals surface area (Å²) in [5.74, 6) is -5.50. The number of esters is 3. The lowest BCUT2D eigenvalue weighted by Gasteiger charge is -2.29. The summed E-state index contributed by atoms with van der Waals surface area (Å²) in [6.45, 7) is 0. The maximum Gasteiger partial charge on any atom is 0.324 e. The summed E-state index contributed by atoms with van der Waals surface area (Å²) in [7, 11) is -3.31. The minimum atomic E-state index is -4.51. The number of carbonyl (C=O) groups is 3. The van der Waals surface area contributed by atoms with Crippen LogP contribution in [-0.4, -0.2) is 55.9 Å². The Labute approximate surface area is 125 Å². The minimum absolute atomic E-state index is 0.245. The minimum Gasteiger partial charge on any atom is -0.469 e. The monoisotopic (exact) mass is 334 g/mol. The molecular weight excluding hydrogens is 320 g/mol. The molecule has 9 nitrogen and oxygen atoms in total. The summed E-state index contributed by atoms with van der Waals surface area (Å²) in [6.07, 6.45) is -1.11. The predicted molar refractivity (Wildman–Crippen MR) is 66.8 cm³/mol. The molecule has 122 valence electrons. The van der Waals surface area contributed by atoms with Crippen molar-refractivity contribution in [3.63, 3.8) is 0 Å². The molecule has 0 amide bonds. The molecule has 3 rings (SSSR count). The van der Waals surface area contributed by atoms with E-state index in [1.165, 1.54) is 7.11 Å². The maximum atomic E-state index is 11.9. The average Bonchev–Trinajstić information content (AvgIpc) is 2.98. The molecule has 0 aromatic heterocycles. The van der Waals surface area contributed by atoms with Gasteiger partial charge in [-0.15, -0.1) is 0 Å². The van der Waals surface area contributed by atoms with Gasteiger partial charge in [-0.2, -0.15) is 8.42 Å². The highest BCUT2D eigenvalue weighted by atomic mass is 32.2. The molecule has 22 heavy (non-hydrogen) atoms. The van der Waals surface area contributed by atoms with Gasteiger partial charge in [-0.25, -0.2) is 0 Å². The molecule has 2 saturated carbocycles. The zero-order valence-corrected chi connectivity index (χ0v) is 12.3. The molecule has 1 aliphatic heterocycles. The Morgan fingerprint density at radius 3 is 2.64 bits per heavy atom. The van der Waals surface area contributed by atoms with Crippen molar-refractivity contribution in [2.75, 3.05) is 12.9 Å². The Bertz CT molecular complexity index is 639. The first-order valence-electron chi connectivity index (χ1n) is 6.66. The standard InChI is InChI=1S/C12H14O9S/c1-19-11(14)7-4-2-5-8(7)12(15)21-10(5)9(4)20-6(13)3-22(16,17)18/h4-5,7-10H,2-3H2,1H3,(H,16,17,18). The van der Waals surface area contributed by atoms with Crippen LogP contribution in [-0.2, 0) is 38.7 Å². The van der Waals surface area contributed by atoms with Crippen molar-refractivity contribution in [1.29, 1.82) is 0 Å². The molecule has 0 aromatic rings. The first-order chi connectivity index (χ1) is 10.2. The van der Waals surface area contributed by atoms with Gasteiger partial charge in [-0.3, -0.25) is 18.9 Å². The number of carbonyl (C=O) groups excluding carboxylic acids is 3. The molecule has 3 fully saturated rings. The van der Waals surface area contributed by atoms with Gasteiger partial charge in [-0.1, -0.05) is 0 Å². The molecule has 0 spiro atoms. The topological polar surface area (TPSA) is 133 Å². The first kappa shape index (κ1) is 15.2.